The van der Waals surface area contributed by atoms with E-state index in [2.05, 4.69) is 9.44 Å². The van der Waals surface area contributed by atoms with Gasteiger partial charge in [0.15, 0.2) is 0 Å². The topological polar surface area (TPSA) is 118 Å². The number of rotatable bonds is 7. The van der Waals surface area contributed by atoms with E-state index in [1.807, 2.05) is 0 Å². The standard InChI is InChI=1S/C10H17N3O4S2/c1-2-12-19(16,17)13-8-7-9-3-5-10(6-4-9)18(11,14)15/h3-6,12-13H,2,7-8H2,1H3,(H2,11,14,15). The fraction of sp³-hybridized carbons (Fsp3) is 0.400. The highest BCUT2D eigenvalue weighted by atomic mass is 32.2. The van der Waals surface area contributed by atoms with Crippen LogP contribution < -0.4 is 14.6 Å². The largest absolute Gasteiger partial charge is 0.276 e. The Kier molecular flexibility index (Phi) is 5.44. The third kappa shape index (κ3) is 5.66. The molecule has 0 unspecified atom stereocenters. The number of benzene rings is 1. The van der Waals surface area contributed by atoms with Gasteiger partial charge in [-0.15, -0.1) is 0 Å². The second kappa shape index (κ2) is 6.44. The Morgan fingerprint density at radius 2 is 1.63 bits per heavy atom. The monoisotopic (exact) mass is 307 g/mol. The van der Waals surface area contributed by atoms with Crippen LogP contribution in [0.15, 0.2) is 29.2 Å². The molecule has 0 aliphatic carbocycles. The highest BCUT2D eigenvalue weighted by Crippen LogP contribution is 2.08. The normalized spacial score (nSPS) is 12.5. The Bertz CT molecular complexity index is 609. The summed E-state index contributed by atoms with van der Waals surface area (Å²) in [4.78, 5) is 0.0319. The van der Waals surface area contributed by atoms with Crippen molar-refractivity contribution in [2.75, 3.05) is 13.1 Å². The van der Waals surface area contributed by atoms with Gasteiger partial charge in [0.1, 0.15) is 0 Å². The highest BCUT2D eigenvalue weighted by molar-refractivity contribution is 7.89. The molecule has 1 aromatic carbocycles. The van der Waals surface area contributed by atoms with E-state index >= 15 is 0 Å². The first-order valence-electron chi connectivity index (χ1n) is 5.60. The summed E-state index contributed by atoms with van der Waals surface area (Å²) in [6.07, 6.45) is 0.454. The number of hydrogen-bond donors (Lipinski definition) is 3. The summed E-state index contributed by atoms with van der Waals surface area (Å²) < 4.78 is 49.3. The summed E-state index contributed by atoms with van der Waals surface area (Å²) in [7, 11) is -7.14. The zero-order chi connectivity index (χ0) is 14.5. The Balaban J connectivity index is 2.56. The van der Waals surface area contributed by atoms with Gasteiger partial charge < -0.3 is 0 Å². The van der Waals surface area contributed by atoms with Gasteiger partial charge in [0.05, 0.1) is 4.90 Å². The molecule has 0 heterocycles. The molecule has 9 heteroatoms. The molecule has 0 radical (unpaired) electrons. The molecular weight excluding hydrogens is 290 g/mol. The lowest BCUT2D eigenvalue weighted by Gasteiger charge is -2.06. The van der Waals surface area contributed by atoms with Crippen molar-refractivity contribution in [2.24, 2.45) is 5.14 Å². The van der Waals surface area contributed by atoms with Gasteiger partial charge in [-0.2, -0.15) is 8.42 Å². The van der Waals surface area contributed by atoms with Crippen molar-refractivity contribution in [3.05, 3.63) is 29.8 Å². The molecular formula is C10H17N3O4S2. The van der Waals surface area contributed by atoms with Gasteiger partial charge in [-0.25, -0.2) is 23.0 Å². The zero-order valence-corrected chi connectivity index (χ0v) is 12.1. The van der Waals surface area contributed by atoms with E-state index in [4.69, 9.17) is 5.14 Å². The number of nitrogens with two attached hydrogens (primary N) is 1. The minimum absolute atomic E-state index is 0.0319. The fourth-order valence-corrected chi connectivity index (χ4v) is 2.78. The number of sulfonamides is 1. The third-order valence-corrected chi connectivity index (χ3v) is 4.47. The molecule has 0 aliphatic heterocycles. The molecule has 1 aromatic rings. The first kappa shape index (κ1) is 16.1. The van der Waals surface area contributed by atoms with Crippen LogP contribution in [0.5, 0.6) is 0 Å². The first-order chi connectivity index (χ1) is 8.74. The Labute approximate surface area is 113 Å². The van der Waals surface area contributed by atoms with Crippen LogP contribution >= 0.6 is 0 Å². The van der Waals surface area contributed by atoms with Crippen LogP contribution in [-0.2, 0) is 26.7 Å². The number of hydrogen-bond acceptors (Lipinski definition) is 4. The predicted octanol–water partition coefficient (Wildman–Crippen LogP) is -0.680. The summed E-state index contributed by atoms with van der Waals surface area (Å²) in [5, 5.41) is 4.97. The lowest BCUT2D eigenvalue weighted by atomic mass is 10.2. The lowest BCUT2D eigenvalue weighted by molar-refractivity contribution is 0.569. The van der Waals surface area contributed by atoms with Gasteiger partial charge >= 0.3 is 0 Å². The van der Waals surface area contributed by atoms with Crippen molar-refractivity contribution in [2.45, 2.75) is 18.2 Å². The molecule has 0 amide bonds. The molecule has 0 fully saturated rings. The Morgan fingerprint density at radius 3 is 2.11 bits per heavy atom. The second-order valence-electron chi connectivity index (χ2n) is 3.83. The lowest BCUT2D eigenvalue weighted by Crippen LogP contribution is -2.37. The molecule has 0 atom stereocenters. The summed E-state index contributed by atoms with van der Waals surface area (Å²) in [6, 6.07) is 5.98. The zero-order valence-electron chi connectivity index (χ0n) is 10.5. The highest BCUT2D eigenvalue weighted by Gasteiger charge is 2.08. The molecule has 0 saturated heterocycles. The number of primary sulfonamides is 1. The molecule has 0 aromatic heterocycles. The van der Waals surface area contributed by atoms with E-state index in [-0.39, 0.29) is 11.4 Å². The van der Waals surface area contributed by atoms with Crippen molar-refractivity contribution in [3.63, 3.8) is 0 Å². The average molecular weight is 307 g/mol. The van der Waals surface area contributed by atoms with Gasteiger partial charge in [-0.1, -0.05) is 19.1 Å². The quantitative estimate of drug-likeness (QED) is 0.618. The molecule has 108 valence electrons. The maximum absolute atomic E-state index is 11.3. The van der Waals surface area contributed by atoms with Crippen LogP contribution in [-0.4, -0.2) is 29.9 Å². The van der Waals surface area contributed by atoms with Crippen molar-refractivity contribution in [1.29, 1.82) is 0 Å². The second-order valence-corrected chi connectivity index (χ2v) is 6.98. The SMILES string of the molecule is CCNS(=O)(=O)NCCc1ccc(S(N)(=O)=O)cc1. The maximum Gasteiger partial charge on any atom is 0.276 e. The molecule has 0 bridgehead atoms. The predicted molar refractivity (Wildman–Crippen MR) is 72.1 cm³/mol. The summed E-state index contributed by atoms with van der Waals surface area (Å²) in [5.74, 6) is 0. The van der Waals surface area contributed by atoms with Crippen LogP contribution in [0.1, 0.15) is 12.5 Å². The maximum atomic E-state index is 11.3. The van der Waals surface area contributed by atoms with Crippen LogP contribution in [0.25, 0.3) is 0 Å². The van der Waals surface area contributed by atoms with Crippen LogP contribution in [0.3, 0.4) is 0 Å². The first-order valence-corrected chi connectivity index (χ1v) is 8.63. The molecule has 4 N–H and O–H groups in total. The molecule has 7 nitrogen and oxygen atoms in total. The van der Waals surface area contributed by atoms with E-state index in [0.29, 0.717) is 13.0 Å². The van der Waals surface area contributed by atoms with Crippen molar-refractivity contribution in [3.8, 4) is 0 Å². The summed E-state index contributed by atoms with van der Waals surface area (Å²) >= 11 is 0. The van der Waals surface area contributed by atoms with E-state index in [9.17, 15) is 16.8 Å². The van der Waals surface area contributed by atoms with Gasteiger partial charge in [-0.3, -0.25) is 0 Å². The van der Waals surface area contributed by atoms with Crippen LogP contribution in [0.4, 0.5) is 0 Å². The minimum atomic E-state index is -3.69. The molecule has 1 rings (SSSR count). The average Bonchev–Trinajstić information content (AvgIpc) is 2.28. The molecule has 0 spiro atoms. The van der Waals surface area contributed by atoms with Crippen LogP contribution in [0.2, 0.25) is 0 Å². The van der Waals surface area contributed by atoms with Gasteiger partial charge in [0, 0.05) is 13.1 Å². The van der Waals surface area contributed by atoms with Gasteiger partial charge in [-0.05, 0) is 24.1 Å². The fourth-order valence-electron chi connectivity index (χ4n) is 1.42. The van der Waals surface area contributed by atoms with Crippen molar-refractivity contribution >= 4 is 20.2 Å². The molecule has 19 heavy (non-hydrogen) atoms. The van der Waals surface area contributed by atoms with Gasteiger partial charge in [0.2, 0.25) is 10.0 Å². The van der Waals surface area contributed by atoms with Gasteiger partial charge in [0.25, 0.3) is 10.2 Å². The Morgan fingerprint density at radius 1 is 1.05 bits per heavy atom. The van der Waals surface area contributed by atoms with E-state index in [1.54, 1.807) is 19.1 Å². The minimum Gasteiger partial charge on any atom is -0.225 e. The van der Waals surface area contributed by atoms with E-state index < -0.39 is 20.2 Å². The van der Waals surface area contributed by atoms with Crippen LogP contribution in [0, 0.1) is 0 Å². The van der Waals surface area contributed by atoms with E-state index in [1.165, 1.54) is 12.1 Å². The molecule has 0 aliphatic rings. The number of nitrogens with one attached hydrogen (secondary N) is 2. The third-order valence-electron chi connectivity index (χ3n) is 2.29. The summed E-state index contributed by atoms with van der Waals surface area (Å²) in [6.45, 7) is 2.23. The summed E-state index contributed by atoms with van der Waals surface area (Å²) in [5.41, 5.74) is 0.812. The van der Waals surface area contributed by atoms with Crippen molar-refractivity contribution < 1.29 is 16.8 Å². The van der Waals surface area contributed by atoms with E-state index in [0.717, 1.165) is 5.56 Å². The smallest absolute Gasteiger partial charge is 0.225 e. The molecule has 0 saturated carbocycles. The van der Waals surface area contributed by atoms with Crippen molar-refractivity contribution in [1.82, 2.24) is 9.44 Å². The Hall–Kier alpha value is -1.00.